The summed E-state index contributed by atoms with van der Waals surface area (Å²) in [6.07, 6.45) is 2.95. The van der Waals surface area contributed by atoms with Crippen LogP contribution in [0, 0.1) is 11.8 Å². The Morgan fingerprint density at radius 2 is 2.04 bits per heavy atom. The Morgan fingerprint density at radius 1 is 1.24 bits per heavy atom. The highest BCUT2D eigenvalue weighted by atomic mass is 16.4. The zero-order valence-corrected chi connectivity index (χ0v) is 14.1. The predicted molar refractivity (Wildman–Crippen MR) is 91.2 cm³/mol. The van der Waals surface area contributed by atoms with Crippen LogP contribution in [0.3, 0.4) is 0 Å². The molecule has 132 valence electrons. The average Bonchev–Trinajstić information content (AvgIpc) is 3.14. The number of likely N-dealkylation sites (tertiary alicyclic amines) is 1. The lowest BCUT2D eigenvalue weighted by Gasteiger charge is -2.30. The number of aromatic amines is 1. The smallest absolute Gasteiger partial charge is 0.408 e. The van der Waals surface area contributed by atoms with Gasteiger partial charge in [-0.25, -0.2) is 4.79 Å². The predicted octanol–water partition coefficient (Wildman–Crippen LogP) is 1.50. The van der Waals surface area contributed by atoms with Crippen molar-refractivity contribution in [3.05, 3.63) is 34.3 Å². The summed E-state index contributed by atoms with van der Waals surface area (Å²) in [4.78, 5) is 39.8. The number of hydrogen-bond donors (Lipinski definition) is 2. The molecule has 1 saturated heterocycles. The van der Waals surface area contributed by atoms with Gasteiger partial charge in [0.15, 0.2) is 5.58 Å². The van der Waals surface area contributed by atoms with Gasteiger partial charge in [0, 0.05) is 31.6 Å². The van der Waals surface area contributed by atoms with E-state index in [9.17, 15) is 14.4 Å². The van der Waals surface area contributed by atoms with E-state index in [1.165, 1.54) is 0 Å². The van der Waals surface area contributed by atoms with Gasteiger partial charge in [0.05, 0.1) is 5.52 Å². The van der Waals surface area contributed by atoms with Crippen LogP contribution in [0.15, 0.2) is 27.4 Å². The van der Waals surface area contributed by atoms with Crippen molar-refractivity contribution in [3.8, 4) is 0 Å². The number of rotatable bonds is 2. The molecule has 2 amide bonds. The molecule has 2 N–H and O–H groups in total. The van der Waals surface area contributed by atoms with E-state index >= 15 is 0 Å². The molecule has 1 saturated carbocycles. The van der Waals surface area contributed by atoms with Crippen LogP contribution in [0.1, 0.15) is 36.5 Å². The number of carbonyl (C=O) groups is 2. The van der Waals surface area contributed by atoms with Gasteiger partial charge in [-0.2, -0.15) is 0 Å². The van der Waals surface area contributed by atoms with Gasteiger partial charge in [-0.3, -0.25) is 14.6 Å². The highest BCUT2D eigenvalue weighted by Gasteiger charge is 2.39. The van der Waals surface area contributed by atoms with Gasteiger partial charge >= 0.3 is 5.76 Å². The molecule has 0 radical (unpaired) electrons. The second-order valence-electron chi connectivity index (χ2n) is 7.17. The SMILES string of the molecule is CC(=O)NC1CCC2CN(C(=O)c3ccc4oc(=O)[nH]c4c3)CC2C1. The Hall–Kier alpha value is -2.57. The lowest BCUT2D eigenvalue weighted by molar-refractivity contribution is -0.120. The number of nitrogens with one attached hydrogen (secondary N) is 2. The van der Waals surface area contributed by atoms with Crippen molar-refractivity contribution in [3.63, 3.8) is 0 Å². The maximum absolute atomic E-state index is 12.8. The monoisotopic (exact) mass is 343 g/mol. The van der Waals surface area contributed by atoms with E-state index in [1.807, 2.05) is 4.90 Å². The second kappa shape index (κ2) is 6.06. The highest BCUT2D eigenvalue weighted by molar-refractivity contribution is 5.97. The second-order valence-corrected chi connectivity index (χ2v) is 7.17. The molecule has 1 aliphatic heterocycles. The van der Waals surface area contributed by atoms with Crippen molar-refractivity contribution in [1.82, 2.24) is 15.2 Å². The fourth-order valence-electron chi connectivity index (χ4n) is 4.28. The van der Waals surface area contributed by atoms with Gasteiger partial charge < -0.3 is 14.6 Å². The molecule has 1 aromatic heterocycles. The maximum atomic E-state index is 12.8. The molecule has 3 atom stereocenters. The van der Waals surface area contributed by atoms with E-state index in [4.69, 9.17) is 4.42 Å². The molecule has 0 bridgehead atoms. The summed E-state index contributed by atoms with van der Waals surface area (Å²) in [7, 11) is 0. The number of amides is 2. The molecule has 2 aliphatic rings. The van der Waals surface area contributed by atoms with E-state index in [0.29, 0.717) is 28.5 Å². The van der Waals surface area contributed by atoms with E-state index in [0.717, 1.165) is 32.4 Å². The number of hydrogen-bond acceptors (Lipinski definition) is 4. The van der Waals surface area contributed by atoms with Gasteiger partial charge in [-0.1, -0.05) is 0 Å². The van der Waals surface area contributed by atoms with Crippen molar-refractivity contribution >= 4 is 22.9 Å². The van der Waals surface area contributed by atoms with Crippen LogP contribution < -0.4 is 11.1 Å². The Morgan fingerprint density at radius 3 is 2.84 bits per heavy atom. The van der Waals surface area contributed by atoms with Gasteiger partial charge in [0.1, 0.15) is 0 Å². The molecular weight excluding hydrogens is 322 g/mol. The number of aromatic nitrogens is 1. The minimum Gasteiger partial charge on any atom is -0.408 e. The Bertz CT molecular complexity index is 884. The standard InChI is InChI=1S/C18H21N3O4/c1-10(22)19-14-4-2-12-8-21(9-13(12)6-14)17(23)11-3-5-16-15(7-11)20-18(24)25-16/h3,5,7,12-14H,2,4,6,8-9H2,1H3,(H,19,22)(H,20,24). The molecule has 4 rings (SSSR count). The lowest BCUT2D eigenvalue weighted by Crippen LogP contribution is -2.39. The minimum atomic E-state index is -0.518. The molecule has 7 heteroatoms. The number of nitrogens with zero attached hydrogens (tertiary/aromatic N) is 1. The molecule has 1 aromatic carbocycles. The molecule has 25 heavy (non-hydrogen) atoms. The Labute approximate surface area is 144 Å². The van der Waals surface area contributed by atoms with Crippen LogP contribution >= 0.6 is 0 Å². The minimum absolute atomic E-state index is 0.0109. The zero-order valence-electron chi connectivity index (χ0n) is 14.1. The van der Waals surface area contributed by atoms with Gasteiger partial charge in [0.2, 0.25) is 5.91 Å². The largest absolute Gasteiger partial charge is 0.417 e. The van der Waals surface area contributed by atoms with Crippen LogP contribution in [-0.4, -0.2) is 40.8 Å². The zero-order chi connectivity index (χ0) is 17.6. The van der Waals surface area contributed by atoms with Crippen molar-refractivity contribution < 1.29 is 14.0 Å². The van der Waals surface area contributed by atoms with Crippen LogP contribution in [0.4, 0.5) is 0 Å². The average molecular weight is 343 g/mol. The summed E-state index contributed by atoms with van der Waals surface area (Å²) in [6, 6.07) is 5.24. The number of benzene rings is 1. The summed E-state index contributed by atoms with van der Waals surface area (Å²) in [5.74, 6) is 0.417. The van der Waals surface area contributed by atoms with Crippen LogP contribution in [0.5, 0.6) is 0 Å². The summed E-state index contributed by atoms with van der Waals surface area (Å²) in [5.41, 5.74) is 1.55. The molecule has 2 aromatic rings. The number of fused-ring (bicyclic) bond motifs is 2. The van der Waals surface area contributed by atoms with E-state index in [2.05, 4.69) is 10.3 Å². The number of carbonyl (C=O) groups excluding carboxylic acids is 2. The van der Waals surface area contributed by atoms with Crippen LogP contribution in [-0.2, 0) is 4.79 Å². The van der Waals surface area contributed by atoms with Crippen molar-refractivity contribution in [1.29, 1.82) is 0 Å². The third kappa shape index (κ3) is 3.06. The molecule has 2 fully saturated rings. The molecule has 1 aliphatic carbocycles. The molecule has 2 heterocycles. The molecular formula is C18H21N3O4. The van der Waals surface area contributed by atoms with E-state index in [1.54, 1.807) is 25.1 Å². The summed E-state index contributed by atoms with van der Waals surface area (Å²) < 4.78 is 4.98. The van der Waals surface area contributed by atoms with Crippen molar-refractivity contribution in [2.24, 2.45) is 11.8 Å². The molecule has 0 spiro atoms. The fourth-order valence-corrected chi connectivity index (χ4v) is 4.28. The first-order valence-corrected chi connectivity index (χ1v) is 8.69. The lowest BCUT2D eigenvalue weighted by atomic mass is 9.79. The summed E-state index contributed by atoms with van der Waals surface area (Å²) in [6.45, 7) is 3.03. The first-order chi connectivity index (χ1) is 12.0. The van der Waals surface area contributed by atoms with Crippen LogP contribution in [0.25, 0.3) is 11.1 Å². The molecule has 3 unspecified atom stereocenters. The van der Waals surface area contributed by atoms with Gasteiger partial charge in [-0.05, 0) is 49.3 Å². The van der Waals surface area contributed by atoms with E-state index < -0.39 is 5.76 Å². The Balaban J connectivity index is 1.48. The number of oxazole rings is 1. The molecule has 7 nitrogen and oxygen atoms in total. The normalized spacial score (nSPS) is 25.8. The quantitative estimate of drug-likeness (QED) is 0.864. The topological polar surface area (TPSA) is 95.4 Å². The third-order valence-electron chi connectivity index (χ3n) is 5.41. The van der Waals surface area contributed by atoms with E-state index in [-0.39, 0.29) is 17.9 Å². The first kappa shape index (κ1) is 15.9. The van der Waals surface area contributed by atoms with Crippen LogP contribution in [0.2, 0.25) is 0 Å². The van der Waals surface area contributed by atoms with Gasteiger partial charge in [0.25, 0.3) is 5.91 Å². The number of H-pyrrole nitrogens is 1. The van der Waals surface area contributed by atoms with Gasteiger partial charge in [-0.15, -0.1) is 0 Å². The first-order valence-electron chi connectivity index (χ1n) is 8.69. The van der Waals surface area contributed by atoms with Crippen molar-refractivity contribution in [2.75, 3.05) is 13.1 Å². The third-order valence-corrected chi connectivity index (χ3v) is 5.41. The Kier molecular flexibility index (Phi) is 3.86. The highest BCUT2D eigenvalue weighted by Crippen LogP contribution is 2.37. The van der Waals surface area contributed by atoms with Crippen molar-refractivity contribution in [2.45, 2.75) is 32.2 Å². The summed E-state index contributed by atoms with van der Waals surface area (Å²) >= 11 is 0. The maximum Gasteiger partial charge on any atom is 0.417 e. The summed E-state index contributed by atoms with van der Waals surface area (Å²) in [5, 5.41) is 3.01. The fraction of sp³-hybridized carbons (Fsp3) is 0.500.